The highest BCUT2D eigenvalue weighted by Gasteiger charge is 2.29. The number of fused-ring (bicyclic) bond motifs is 3. The maximum absolute atomic E-state index is 12.6. The van der Waals surface area contributed by atoms with Crippen molar-refractivity contribution in [3.8, 4) is 11.1 Å². The Bertz CT molecular complexity index is 1160. The number of carboxylic acid groups (broad SMARTS) is 1. The van der Waals surface area contributed by atoms with Gasteiger partial charge in [0.15, 0.2) is 0 Å². The highest BCUT2D eigenvalue weighted by atomic mass is 16.6. The number of carbonyl (C=O) groups excluding carboxylic acids is 2. The topological polar surface area (TPSA) is 144 Å². The van der Waals surface area contributed by atoms with Crippen LogP contribution in [0.2, 0.25) is 0 Å². The molecular formula is C24H24N4O6. The van der Waals surface area contributed by atoms with E-state index in [9.17, 15) is 14.4 Å². The Balaban J connectivity index is 1.38. The molecule has 2 amide bonds. The number of carboxylic acids is 1. The van der Waals surface area contributed by atoms with Gasteiger partial charge in [0.05, 0.1) is 0 Å². The molecule has 1 aliphatic rings. The quantitative estimate of drug-likeness (QED) is 0.434. The van der Waals surface area contributed by atoms with Gasteiger partial charge in [-0.3, -0.25) is 14.9 Å². The van der Waals surface area contributed by atoms with Crippen LogP contribution in [0.1, 0.15) is 53.7 Å². The van der Waals surface area contributed by atoms with Crippen molar-refractivity contribution in [1.82, 2.24) is 15.6 Å². The van der Waals surface area contributed by atoms with E-state index < -0.39 is 18.0 Å². The van der Waals surface area contributed by atoms with E-state index in [4.69, 9.17) is 9.84 Å². The molecule has 1 atom stereocenters. The summed E-state index contributed by atoms with van der Waals surface area (Å²) in [4.78, 5) is 35.8. The molecule has 10 nitrogen and oxygen atoms in total. The second kappa shape index (κ2) is 10.2. The normalized spacial score (nSPS) is 13.0. The summed E-state index contributed by atoms with van der Waals surface area (Å²) in [6.07, 6.45) is -0.0949. The molecule has 1 aliphatic carbocycles. The molecule has 2 aromatic carbocycles. The number of hydrogen-bond acceptors (Lipinski definition) is 7. The minimum Gasteiger partial charge on any atom is -0.481 e. The number of carbonyl (C=O) groups is 3. The van der Waals surface area contributed by atoms with E-state index in [1.54, 1.807) is 0 Å². The monoisotopic (exact) mass is 464 g/mol. The highest BCUT2D eigenvalue weighted by Crippen LogP contribution is 2.44. The van der Waals surface area contributed by atoms with Crippen LogP contribution in [0, 0.1) is 0 Å². The number of aromatic nitrogens is 2. The van der Waals surface area contributed by atoms with Gasteiger partial charge in [-0.2, -0.15) is 0 Å². The number of ether oxygens (including phenoxy) is 1. The van der Waals surface area contributed by atoms with Crippen molar-refractivity contribution in [3.63, 3.8) is 0 Å². The van der Waals surface area contributed by atoms with Gasteiger partial charge in [0.25, 0.3) is 5.91 Å². The van der Waals surface area contributed by atoms with Crippen molar-refractivity contribution in [3.05, 3.63) is 65.4 Å². The first-order valence-corrected chi connectivity index (χ1v) is 10.9. The van der Waals surface area contributed by atoms with Crippen molar-refractivity contribution in [1.29, 1.82) is 0 Å². The molecule has 0 saturated heterocycles. The minimum absolute atomic E-state index is 0.0826. The first-order valence-electron chi connectivity index (χ1n) is 10.9. The maximum Gasteiger partial charge on any atom is 0.412 e. The number of nitrogens with zero attached hydrogens (tertiary/aromatic N) is 2. The third-order valence-electron chi connectivity index (χ3n) is 5.80. The van der Waals surface area contributed by atoms with Crippen molar-refractivity contribution in [2.75, 3.05) is 11.9 Å². The lowest BCUT2D eigenvalue weighted by atomic mass is 9.98. The van der Waals surface area contributed by atoms with E-state index >= 15 is 0 Å². The largest absolute Gasteiger partial charge is 0.481 e. The average molecular weight is 464 g/mol. The number of rotatable bonds is 9. The zero-order chi connectivity index (χ0) is 24.1. The van der Waals surface area contributed by atoms with Crippen molar-refractivity contribution < 1.29 is 28.9 Å². The maximum atomic E-state index is 12.6. The molecule has 3 aromatic rings. The number of amides is 2. The summed E-state index contributed by atoms with van der Waals surface area (Å²) in [6.45, 7) is 1.92. The molecule has 1 aromatic heterocycles. The third kappa shape index (κ3) is 4.90. The summed E-state index contributed by atoms with van der Waals surface area (Å²) >= 11 is 0. The lowest BCUT2D eigenvalue weighted by molar-refractivity contribution is -0.137. The van der Waals surface area contributed by atoms with Gasteiger partial charge in [0.2, 0.25) is 11.5 Å². The molecule has 1 heterocycles. The number of nitrogens with one attached hydrogen (secondary N) is 2. The van der Waals surface area contributed by atoms with Gasteiger partial charge >= 0.3 is 12.1 Å². The average Bonchev–Trinajstić information content (AvgIpc) is 3.42. The Morgan fingerprint density at radius 2 is 1.71 bits per heavy atom. The molecule has 0 bridgehead atoms. The second-order valence-corrected chi connectivity index (χ2v) is 7.92. The predicted octanol–water partition coefficient (Wildman–Crippen LogP) is 3.80. The van der Waals surface area contributed by atoms with Crippen LogP contribution in [-0.2, 0) is 9.53 Å². The summed E-state index contributed by atoms with van der Waals surface area (Å²) in [5, 5.41) is 21.1. The molecule has 34 heavy (non-hydrogen) atoms. The molecule has 1 unspecified atom stereocenters. The van der Waals surface area contributed by atoms with Crippen LogP contribution in [0.15, 0.2) is 53.2 Å². The van der Waals surface area contributed by atoms with Crippen molar-refractivity contribution in [2.45, 2.75) is 38.1 Å². The van der Waals surface area contributed by atoms with Crippen LogP contribution in [-0.4, -0.2) is 46.0 Å². The standard InChI is InChI=1S/C24H24N4O6/c1-2-14(11-12-20(29)30)25-23(31)21-22(28-34-27-21)26-24(32)33-13-19-17-9-5-3-7-15(17)16-8-4-6-10-18(16)19/h3-10,14,19H,2,11-13H2,1H3,(H,25,31)(H,29,30)(H,26,28,32). The number of aliphatic carboxylic acids is 1. The molecule has 0 spiro atoms. The second-order valence-electron chi connectivity index (χ2n) is 7.92. The first-order chi connectivity index (χ1) is 16.5. The van der Waals surface area contributed by atoms with E-state index in [-0.39, 0.29) is 42.9 Å². The van der Waals surface area contributed by atoms with Gasteiger partial charge < -0.3 is 15.2 Å². The van der Waals surface area contributed by atoms with Crippen LogP contribution in [0.4, 0.5) is 10.6 Å². The van der Waals surface area contributed by atoms with Crippen LogP contribution in [0.3, 0.4) is 0 Å². The van der Waals surface area contributed by atoms with Crippen LogP contribution < -0.4 is 10.6 Å². The smallest absolute Gasteiger partial charge is 0.412 e. The van der Waals surface area contributed by atoms with Crippen LogP contribution >= 0.6 is 0 Å². The number of anilines is 1. The van der Waals surface area contributed by atoms with E-state index in [2.05, 4.69) is 25.6 Å². The van der Waals surface area contributed by atoms with E-state index in [1.165, 1.54) is 0 Å². The Labute approximate surface area is 195 Å². The lowest BCUT2D eigenvalue weighted by Crippen LogP contribution is -2.35. The SMILES string of the molecule is CCC(CCC(=O)O)NC(=O)c1nonc1NC(=O)OCC1c2ccccc2-c2ccccc21. The molecular weight excluding hydrogens is 440 g/mol. The van der Waals surface area contributed by atoms with Gasteiger partial charge in [-0.1, -0.05) is 55.5 Å². The molecule has 0 aliphatic heterocycles. The fraction of sp³-hybridized carbons (Fsp3) is 0.292. The Morgan fingerprint density at radius 1 is 1.06 bits per heavy atom. The molecule has 10 heteroatoms. The Kier molecular flexibility index (Phi) is 6.86. The van der Waals surface area contributed by atoms with E-state index in [0.717, 1.165) is 22.3 Å². The fourth-order valence-electron chi connectivity index (χ4n) is 4.08. The molecule has 0 fully saturated rings. The van der Waals surface area contributed by atoms with Crippen LogP contribution in [0.5, 0.6) is 0 Å². The lowest BCUT2D eigenvalue weighted by Gasteiger charge is -2.15. The molecule has 0 radical (unpaired) electrons. The fourth-order valence-corrected chi connectivity index (χ4v) is 4.08. The molecule has 0 saturated carbocycles. The van der Waals surface area contributed by atoms with E-state index in [1.807, 2.05) is 55.5 Å². The molecule has 176 valence electrons. The Morgan fingerprint density at radius 3 is 2.32 bits per heavy atom. The summed E-state index contributed by atoms with van der Waals surface area (Å²) < 4.78 is 10.1. The van der Waals surface area contributed by atoms with Gasteiger partial charge in [-0.15, -0.1) is 0 Å². The van der Waals surface area contributed by atoms with Crippen LogP contribution in [0.25, 0.3) is 11.1 Å². The Hall–Kier alpha value is -4.21. The predicted molar refractivity (Wildman–Crippen MR) is 121 cm³/mol. The van der Waals surface area contributed by atoms with Gasteiger partial charge in [-0.25, -0.2) is 9.42 Å². The van der Waals surface area contributed by atoms with Crippen molar-refractivity contribution >= 4 is 23.8 Å². The van der Waals surface area contributed by atoms with Gasteiger partial charge in [0.1, 0.15) is 6.61 Å². The summed E-state index contributed by atoms with van der Waals surface area (Å²) in [6, 6.07) is 15.6. The summed E-state index contributed by atoms with van der Waals surface area (Å²) in [5.41, 5.74) is 4.15. The minimum atomic E-state index is -0.951. The third-order valence-corrected chi connectivity index (χ3v) is 5.80. The van der Waals surface area contributed by atoms with E-state index in [0.29, 0.717) is 6.42 Å². The first kappa shape index (κ1) is 23.0. The zero-order valence-corrected chi connectivity index (χ0v) is 18.5. The molecule has 3 N–H and O–H groups in total. The summed E-state index contributed by atoms with van der Waals surface area (Å²) in [7, 11) is 0. The van der Waals surface area contributed by atoms with Gasteiger partial charge in [-0.05, 0) is 45.4 Å². The van der Waals surface area contributed by atoms with Gasteiger partial charge in [0, 0.05) is 18.4 Å². The number of benzene rings is 2. The van der Waals surface area contributed by atoms with Crippen molar-refractivity contribution in [2.24, 2.45) is 0 Å². The number of hydrogen-bond donors (Lipinski definition) is 3. The highest BCUT2D eigenvalue weighted by molar-refractivity contribution is 5.99. The summed E-state index contributed by atoms with van der Waals surface area (Å²) in [5.74, 6) is -1.88. The zero-order valence-electron chi connectivity index (χ0n) is 18.5. The molecule has 4 rings (SSSR count).